The lowest BCUT2D eigenvalue weighted by Crippen LogP contribution is -2.20. The number of carboxylic acid groups (broad SMARTS) is 1. The number of nitrogens with zero attached hydrogens (tertiary/aromatic N) is 5. The number of aromatic carboxylic acids is 1. The molecule has 1 aromatic carbocycles. The fourth-order valence-corrected chi connectivity index (χ4v) is 2.59. The molecule has 0 unspecified atom stereocenters. The minimum Gasteiger partial charge on any atom is -0.478 e. The third-order valence-corrected chi connectivity index (χ3v) is 3.91. The lowest BCUT2D eigenvalue weighted by Gasteiger charge is -2.04. The number of carbonyl (C=O) groups excluding carboxylic acids is 1. The molecular weight excluding hydrogens is 383 g/mol. The molecular formula is C15H12Cl2N6O3. The van der Waals surface area contributed by atoms with Crippen LogP contribution in [0.15, 0.2) is 36.9 Å². The van der Waals surface area contributed by atoms with Crippen molar-refractivity contribution < 1.29 is 14.7 Å². The average molecular weight is 395 g/mol. The Morgan fingerprint density at radius 1 is 1.23 bits per heavy atom. The quantitative estimate of drug-likeness (QED) is 0.661. The molecule has 0 saturated carbocycles. The number of nitrogens with one attached hydrogen (secondary N) is 1. The third-order valence-electron chi connectivity index (χ3n) is 3.32. The largest absolute Gasteiger partial charge is 0.478 e. The number of hydrogen-bond donors (Lipinski definition) is 2. The summed E-state index contributed by atoms with van der Waals surface area (Å²) in [5.41, 5.74) is 0.802. The second-order valence-corrected chi connectivity index (χ2v) is 6.13. The summed E-state index contributed by atoms with van der Waals surface area (Å²) in [6.07, 6.45) is 3.88. The van der Waals surface area contributed by atoms with Gasteiger partial charge in [0.25, 0.3) is 0 Å². The Hall–Kier alpha value is -2.91. The fraction of sp³-hybridized carbons (Fsp3) is 0.133. The molecule has 2 aromatic heterocycles. The van der Waals surface area contributed by atoms with E-state index in [1.54, 1.807) is 18.2 Å². The predicted octanol–water partition coefficient (Wildman–Crippen LogP) is 2.17. The monoisotopic (exact) mass is 394 g/mol. The van der Waals surface area contributed by atoms with Crippen LogP contribution in [0.5, 0.6) is 0 Å². The SMILES string of the molecule is O=C(Cn1cc(C(=O)O)cn1)Nc1ncn(Cc2ccc(Cl)cc2Cl)n1. The van der Waals surface area contributed by atoms with Crippen LogP contribution in [0.1, 0.15) is 15.9 Å². The van der Waals surface area contributed by atoms with Crippen LogP contribution in [-0.4, -0.2) is 41.5 Å². The van der Waals surface area contributed by atoms with E-state index in [0.29, 0.717) is 16.6 Å². The van der Waals surface area contributed by atoms with Crippen molar-refractivity contribution in [2.45, 2.75) is 13.1 Å². The van der Waals surface area contributed by atoms with Gasteiger partial charge in [-0.25, -0.2) is 14.5 Å². The van der Waals surface area contributed by atoms with E-state index >= 15 is 0 Å². The van der Waals surface area contributed by atoms with Crippen LogP contribution in [0.3, 0.4) is 0 Å². The summed E-state index contributed by atoms with van der Waals surface area (Å²) in [5.74, 6) is -1.43. The van der Waals surface area contributed by atoms with Gasteiger partial charge < -0.3 is 5.11 Å². The summed E-state index contributed by atoms with van der Waals surface area (Å²) in [7, 11) is 0. The molecule has 26 heavy (non-hydrogen) atoms. The minimum absolute atomic E-state index is 0.0000427. The minimum atomic E-state index is -1.11. The van der Waals surface area contributed by atoms with Gasteiger partial charge >= 0.3 is 5.97 Å². The van der Waals surface area contributed by atoms with E-state index in [9.17, 15) is 9.59 Å². The van der Waals surface area contributed by atoms with Crippen LogP contribution >= 0.6 is 23.2 Å². The van der Waals surface area contributed by atoms with Gasteiger partial charge in [0.1, 0.15) is 12.9 Å². The second kappa shape index (κ2) is 7.54. The highest BCUT2D eigenvalue weighted by Gasteiger charge is 2.11. The first-order chi connectivity index (χ1) is 12.4. The Balaban J connectivity index is 1.60. The number of hydrogen-bond acceptors (Lipinski definition) is 5. The highest BCUT2D eigenvalue weighted by Crippen LogP contribution is 2.21. The van der Waals surface area contributed by atoms with Gasteiger partial charge in [-0.1, -0.05) is 29.3 Å². The Morgan fingerprint density at radius 2 is 2.04 bits per heavy atom. The molecule has 2 heterocycles. The first kappa shape index (κ1) is 17.9. The van der Waals surface area contributed by atoms with Gasteiger partial charge in [0, 0.05) is 16.2 Å². The van der Waals surface area contributed by atoms with Crippen molar-refractivity contribution in [3.8, 4) is 0 Å². The van der Waals surface area contributed by atoms with Crippen LogP contribution in [0.25, 0.3) is 0 Å². The molecule has 0 fully saturated rings. The number of benzene rings is 1. The molecule has 0 spiro atoms. The first-order valence-electron chi connectivity index (χ1n) is 7.29. The normalized spacial score (nSPS) is 10.7. The molecule has 0 bridgehead atoms. The molecule has 0 aliphatic rings. The lowest BCUT2D eigenvalue weighted by molar-refractivity contribution is -0.117. The van der Waals surface area contributed by atoms with Crippen molar-refractivity contribution in [1.29, 1.82) is 0 Å². The highest BCUT2D eigenvalue weighted by atomic mass is 35.5. The van der Waals surface area contributed by atoms with Crippen LogP contribution < -0.4 is 5.32 Å². The van der Waals surface area contributed by atoms with Crippen molar-refractivity contribution in [1.82, 2.24) is 24.5 Å². The Labute approximate surface area is 157 Å². The molecule has 3 aromatic rings. The van der Waals surface area contributed by atoms with Crippen molar-refractivity contribution in [3.05, 3.63) is 58.1 Å². The van der Waals surface area contributed by atoms with Gasteiger partial charge in [0.2, 0.25) is 11.9 Å². The van der Waals surface area contributed by atoms with E-state index in [2.05, 4.69) is 20.5 Å². The van der Waals surface area contributed by atoms with Crippen molar-refractivity contribution in [2.75, 3.05) is 5.32 Å². The number of halogens is 2. The van der Waals surface area contributed by atoms with E-state index < -0.39 is 11.9 Å². The van der Waals surface area contributed by atoms with Gasteiger partial charge in [0.15, 0.2) is 0 Å². The van der Waals surface area contributed by atoms with Gasteiger partial charge in [0.05, 0.1) is 18.3 Å². The predicted molar refractivity (Wildman–Crippen MR) is 93.4 cm³/mol. The fourth-order valence-electron chi connectivity index (χ4n) is 2.12. The summed E-state index contributed by atoms with van der Waals surface area (Å²) in [6.45, 7) is 0.199. The van der Waals surface area contributed by atoms with Crippen LogP contribution in [0, 0.1) is 0 Å². The number of rotatable bonds is 6. The molecule has 0 aliphatic carbocycles. The topological polar surface area (TPSA) is 115 Å². The van der Waals surface area contributed by atoms with Crippen LogP contribution in [-0.2, 0) is 17.9 Å². The molecule has 1 amide bonds. The van der Waals surface area contributed by atoms with Crippen LogP contribution in [0.2, 0.25) is 10.0 Å². The summed E-state index contributed by atoms with van der Waals surface area (Å²) in [6, 6.07) is 5.13. The summed E-state index contributed by atoms with van der Waals surface area (Å²) in [4.78, 5) is 26.8. The molecule has 2 N–H and O–H groups in total. The number of aromatic nitrogens is 5. The van der Waals surface area contributed by atoms with E-state index in [-0.39, 0.29) is 18.1 Å². The molecule has 134 valence electrons. The summed E-state index contributed by atoms with van der Waals surface area (Å²) < 4.78 is 2.73. The molecule has 0 radical (unpaired) electrons. The second-order valence-electron chi connectivity index (χ2n) is 5.28. The molecule has 0 saturated heterocycles. The first-order valence-corrected chi connectivity index (χ1v) is 8.05. The van der Waals surface area contributed by atoms with E-state index in [4.69, 9.17) is 28.3 Å². The zero-order valence-electron chi connectivity index (χ0n) is 13.1. The van der Waals surface area contributed by atoms with E-state index in [0.717, 1.165) is 5.56 Å². The lowest BCUT2D eigenvalue weighted by atomic mass is 10.2. The van der Waals surface area contributed by atoms with E-state index in [1.165, 1.54) is 28.1 Å². The number of carbonyl (C=O) groups is 2. The van der Waals surface area contributed by atoms with Gasteiger partial charge in [-0.15, -0.1) is 5.10 Å². The zero-order valence-corrected chi connectivity index (χ0v) is 14.6. The van der Waals surface area contributed by atoms with Gasteiger partial charge in [-0.05, 0) is 17.7 Å². The summed E-state index contributed by atoms with van der Waals surface area (Å²) >= 11 is 12.0. The van der Waals surface area contributed by atoms with Crippen LogP contribution in [0.4, 0.5) is 5.95 Å². The summed E-state index contributed by atoms with van der Waals surface area (Å²) in [5, 5.41) is 20.3. The molecule has 0 aliphatic heterocycles. The maximum atomic E-state index is 12.0. The number of anilines is 1. The highest BCUT2D eigenvalue weighted by molar-refractivity contribution is 6.35. The average Bonchev–Trinajstić information content (AvgIpc) is 3.20. The Bertz CT molecular complexity index is 968. The molecule has 3 rings (SSSR count). The zero-order chi connectivity index (χ0) is 18.7. The Kier molecular flexibility index (Phi) is 5.19. The van der Waals surface area contributed by atoms with Crippen molar-refractivity contribution >= 4 is 41.0 Å². The molecule has 11 heteroatoms. The van der Waals surface area contributed by atoms with E-state index in [1.807, 2.05) is 0 Å². The van der Waals surface area contributed by atoms with Gasteiger partial charge in [-0.2, -0.15) is 5.10 Å². The Morgan fingerprint density at radius 3 is 2.73 bits per heavy atom. The number of amides is 1. The maximum Gasteiger partial charge on any atom is 0.338 e. The van der Waals surface area contributed by atoms with Crippen molar-refractivity contribution in [3.63, 3.8) is 0 Å². The molecule has 9 nitrogen and oxygen atoms in total. The maximum absolute atomic E-state index is 12.0. The third kappa shape index (κ3) is 4.38. The van der Waals surface area contributed by atoms with Gasteiger partial charge in [-0.3, -0.25) is 14.8 Å². The number of carboxylic acids is 1. The standard InChI is InChI=1S/C15H12Cl2N6O3/c16-11-2-1-9(12(17)3-11)5-23-8-18-15(21-23)20-13(24)7-22-6-10(4-19-22)14(25)26/h1-4,6,8H,5,7H2,(H,25,26)(H,20,21,24). The molecule has 0 atom stereocenters. The smallest absolute Gasteiger partial charge is 0.338 e. The van der Waals surface area contributed by atoms with Crippen molar-refractivity contribution in [2.24, 2.45) is 0 Å².